The van der Waals surface area contributed by atoms with Crippen LogP contribution in [0.1, 0.15) is 19.8 Å². The first-order valence-electron chi connectivity index (χ1n) is 10.8. The molecule has 2 aliphatic rings. The molecule has 34 heavy (non-hydrogen) atoms. The second-order valence-electron chi connectivity index (χ2n) is 8.42. The van der Waals surface area contributed by atoms with Crippen molar-refractivity contribution in [3.63, 3.8) is 0 Å². The molecule has 2 amide bonds. The van der Waals surface area contributed by atoms with Crippen molar-refractivity contribution in [2.24, 2.45) is 0 Å². The summed E-state index contributed by atoms with van der Waals surface area (Å²) in [6.45, 7) is 3.23. The van der Waals surface area contributed by atoms with Gasteiger partial charge in [-0.15, -0.1) is 0 Å². The Morgan fingerprint density at radius 3 is 2.47 bits per heavy atom. The average Bonchev–Trinajstić information content (AvgIpc) is 3.40. The van der Waals surface area contributed by atoms with E-state index < -0.39 is 23.5 Å². The van der Waals surface area contributed by atoms with Crippen LogP contribution in [0.3, 0.4) is 0 Å². The van der Waals surface area contributed by atoms with Crippen molar-refractivity contribution in [2.75, 3.05) is 36.0 Å². The first-order valence-corrected chi connectivity index (χ1v) is 10.8. The summed E-state index contributed by atoms with van der Waals surface area (Å²) in [6, 6.07) is 1.42. The van der Waals surface area contributed by atoms with Gasteiger partial charge < -0.3 is 19.8 Å². The topological polar surface area (TPSA) is 94.8 Å². The van der Waals surface area contributed by atoms with Gasteiger partial charge in [0.05, 0.1) is 16.8 Å². The van der Waals surface area contributed by atoms with Gasteiger partial charge in [0.2, 0.25) is 5.91 Å². The number of aromatic nitrogens is 3. The third kappa shape index (κ3) is 3.49. The van der Waals surface area contributed by atoms with Gasteiger partial charge in [-0.1, -0.05) is 0 Å². The Labute approximate surface area is 192 Å². The lowest BCUT2D eigenvalue weighted by atomic mass is 10.2. The van der Waals surface area contributed by atoms with E-state index in [9.17, 15) is 27.9 Å². The highest BCUT2D eigenvalue weighted by molar-refractivity contribution is 6.08. The molecule has 0 saturated carbocycles. The summed E-state index contributed by atoms with van der Waals surface area (Å²) in [5.41, 5.74) is 0.776. The average molecular weight is 474 g/mol. The first kappa shape index (κ1) is 22.0. The van der Waals surface area contributed by atoms with Crippen LogP contribution in [0.25, 0.3) is 16.7 Å². The molecule has 0 bridgehead atoms. The fraction of sp³-hybridized carbons (Fsp3) is 0.364. The zero-order valence-corrected chi connectivity index (χ0v) is 18.2. The molecule has 5 rings (SSSR count). The number of benzene rings is 1. The highest BCUT2D eigenvalue weighted by Crippen LogP contribution is 2.38. The van der Waals surface area contributed by atoms with Crippen molar-refractivity contribution < 1.29 is 27.9 Å². The van der Waals surface area contributed by atoms with Crippen LogP contribution < -0.4 is 9.80 Å². The molecule has 0 aliphatic carbocycles. The fourth-order valence-corrected chi connectivity index (χ4v) is 4.69. The van der Waals surface area contributed by atoms with Crippen LogP contribution in [0, 0.1) is 17.5 Å². The highest BCUT2D eigenvalue weighted by atomic mass is 19.2. The van der Waals surface area contributed by atoms with Gasteiger partial charge in [-0.05, 0) is 13.3 Å². The number of anilines is 2. The molecule has 3 aromatic rings. The molecule has 178 valence electrons. The second kappa shape index (κ2) is 8.19. The number of piperazine rings is 1. The summed E-state index contributed by atoms with van der Waals surface area (Å²) < 4.78 is 43.0. The van der Waals surface area contributed by atoms with Crippen molar-refractivity contribution in [1.29, 1.82) is 0 Å². The zero-order valence-electron chi connectivity index (χ0n) is 18.2. The molecule has 0 spiro atoms. The molecule has 2 aromatic heterocycles. The van der Waals surface area contributed by atoms with Crippen molar-refractivity contribution in [1.82, 2.24) is 19.4 Å². The van der Waals surface area contributed by atoms with E-state index >= 15 is 0 Å². The van der Waals surface area contributed by atoms with E-state index in [2.05, 4.69) is 9.97 Å². The molecule has 1 atom stereocenters. The lowest BCUT2D eigenvalue weighted by Crippen LogP contribution is -2.54. The Hall–Kier alpha value is -3.83. The number of amides is 2. The summed E-state index contributed by atoms with van der Waals surface area (Å²) in [6.07, 6.45) is 2.87. The maximum absolute atomic E-state index is 14.0. The third-order valence-electron chi connectivity index (χ3n) is 6.33. The summed E-state index contributed by atoms with van der Waals surface area (Å²) in [5.74, 6) is -3.88. The van der Waals surface area contributed by atoms with Crippen molar-refractivity contribution in [3.05, 3.63) is 42.1 Å². The molecule has 9 nitrogen and oxygen atoms in total. The quantitative estimate of drug-likeness (QED) is 0.586. The van der Waals surface area contributed by atoms with Crippen LogP contribution in [0.15, 0.2) is 24.7 Å². The lowest BCUT2D eigenvalue weighted by Gasteiger charge is -2.39. The minimum absolute atomic E-state index is 0.00742. The number of hydrogen-bond donors (Lipinski definition) is 1. The van der Waals surface area contributed by atoms with Crippen LogP contribution in [0.2, 0.25) is 0 Å². The number of rotatable bonds is 3. The summed E-state index contributed by atoms with van der Waals surface area (Å²) in [4.78, 5) is 37.7. The predicted octanol–water partition coefficient (Wildman–Crippen LogP) is 3.15. The first-order chi connectivity index (χ1) is 16.3. The van der Waals surface area contributed by atoms with Gasteiger partial charge >= 0.3 is 6.09 Å². The van der Waals surface area contributed by atoms with Gasteiger partial charge in [-0.25, -0.2) is 27.9 Å². The van der Waals surface area contributed by atoms with E-state index in [1.807, 2.05) is 4.90 Å². The Kier molecular flexibility index (Phi) is 5.29. The monoisotopic (exact) mass is 474 g/mol. The lowest BCUT2D eigenvalue weighted by molar-refractivity contribution is -0.117. The number of carbonyl (C=O) groups excluding carboxylic acids is 1. The molecule has 2 saturated heterocycles. The third-order valence-corrected chi connectivity index (χ3v) is 6.33. The van der Waals surface area contributed by atoms with E-state index in [0.29, 0.717) is 55.0 Å². The van der Waals surface area contributed by atoms with Gasteiger partial charge in [-0.3, -0.25) is 9.36 Å². The van der Waals surface area contributed by atoms with E-state index in [4.69, 9.17) is 0 Å². The van der Waals surface area contributed by atoms with Crippen LogP contribution in [0.4, 0.5) is 29.5 Å². The van der Waals surface area contributed by atoms with E-state index in [0.717, 1.165) is 12.1 Å². The molecular weight excluding hydrogens is 453 g/mol. The molecular formula is C22H21F3N6O3. The van der Waals surface area contributed by atoms with Crippen LogP contribution in [0.5, 0.6) is 0 Å². The van der Waals surface area contributed by atoms with Crippen LogP contribution >= 0.6 is 0 Å². The standard InChI is InChI=1S/C22H21F3N6O3/c1-12-9-28(5-6-29(12)22(33)34)20-18-16(30-4-2-3-17(30)32)10-31(21(18)27-11-26-20)13-7-14(23)19(25)15(24)8-13/h7-8,10-12H,2-6,9H2,1H3,(H,33,34). The number of halogens is 3. The second-order valence-corrected chi connectivity index (χ2v) is 8.42. The maximum atomic E-state index is 14.0. The molecule has 12 heteroatoms. The van der Waals surface area contributed by atoms with E-state index in [1.165, 1.54) is 15.8 Å². The Balaban J connectivity index is 1.68. The largest absolute Gasteiger partial charge is 0.465 e. The van der Waals surface area contributed by atoms with Crippen molar-refractivity contribution in [2.45, 2.75) is 25.8 Å². The summed E-state index contributed by atoms with van der Waals surface area (Å²) in [5, 5.41) is 9.89. The van der Waals surface area contributed by atoms with Gasteiger partial charge in [-0.2, -0.15) is 0 Å². The van der Waals surface area contributed by atoms with Crippen molar-refractivity contribution in [3.8, 4) is 5.69 Å². The molecule has 2 aliphatic heterocycles. The summed E-state index contributed by atoms with van der Waals surface area (Å²) >= 11 is 0. The fourth-order valence-electron chi connectivity index (χ4n) is 4.69. The van der Waals surface area contributed by atoms with Crippen LogP contribution in [-0.4, -0.2) is 68.8 Å². The Morgan fingerprint density at radius 2 is 1.85 bits per heavy atom. The smallest absolute Gasteiger partial charge is 0.407 e. The molecule has 2 fully saturated rings. The number of carboxylic acid groups (broad SMARTS) is 1. The molecule has 1 aromatic carbocycles. The van der Waals surface area contributed by atoms with E-state index in [-0.39, 0.29) is 24.2 Å². The van der Waals surface area contributed by atoms with Gasteiger partial charge in [0.25, 0.3) is 0 Å². The zero-order chi connectivity index (χ0) is 24.1. The number of hydrogen-bond acceptors (Lipinski definition) is 5. The minimum atomic E-state index is -1.57. The Morgan fingerprint density at radius 1 is 1.12 bits per heavy atom. The number of nitrogens with zero attached hydrogens (tertiary/aromatic N) is 6. The normalized spacial score (nSPS) is 18.9. The minimum Gasteiger partial charge on any atom is -0.465 e. The van der Waals surface area contributed by atoms with Gasteiger partial charge in [0.15, 0.2) is 23.1 Å². The predicted molar refractivity (Wildman–Crippen MR) is 117 cm³/mol. The molecule has 4 heterocycles. The molecule has 0 radical (unpaired) electrons. The molecule has 1 N–H and O–H groups in total. The molecule has 1 unspecified atom stereocenters. The maximum Gasteiger partial charge on any atom is 0.407 e. The van der Waals surface area contributed by atoms with E-state index in [1.54, 1.807) is 18.0 Å². The highest BCUT2D eigenvalue weighted by Gasteiger charge is 2.32. The summed E-state index contributed by atoms with van der Waals surface area (Å²) in [7, 11) is 0. The number of fused-ring (bicyclic) bond motifs is 1. The Bertz CT molecular complexity index is 1290. The van der Waals surface area contributed by atoms with Gasteiger partial charge in [0, 0.05) is 57.0 Å². The SMILES string of the molecule is CC1CN(c2ncnc3c2c(N2CCCC2=O)cn3-c2cc(F)c(F)c(F)c2)CCN1C(=O)O. The van der Waals surface area contributed by atoms with Crippen LogP contribution in [-0.2, 0) is 4.79 Å². The van der Waals surface area contributed by atoms with Gasteiger partial charge in [0.1, 0.15) is 12.1 Å². The van der Waals surface area contributed by atoms with Crippen molar-refractivity contribution >= 4 is 34.5 Å². The number of carbonyl (C=O) groups is 2.